The molecule has 0 radical (unpaired) electrons. The molecule has 1 unspecified atom stereocenters. The van der Waals surface area contributed by atoms with E-state index < -0.39 is 6.10 Å². The summed E-state index contributed by atoms with van der Waals surface area (Å²) >= 11 is 1.23. The lowest BCUT2D eigenvalue weighted by molar-refractivity contribution is 0.158. The van der Waals surface area contributed by atoms with Gasteiger partial charge in [0, 0.05) is 11.4 Å². The van der Waals surface area contributed by atoms with Crippen LogP contribution >= 0.6 is 11.3 Å². The molecule has 0 fully saturated rings. The Balaban J connectivity index is 2.44. The minimum Gasteiger partial charge on any atom is -0.499 e. The fraction of sp³-hybridized carbons (Fsp3) is 0.556. The van der Waals surface area contributed by atoms with Gasteiger partial charge in [0.1, 0.15) is 0 Å². The molecule has 1 atom stereocenters. The van der Waals surface area contributed by atoms with E-state index >= 15 is 0 Å². The molecule has 0 bridgehead atoms. The second-order valence-corrected chi connectivity index (χ2v) is 4.38. The molecule has 1 aromatic heterocycles. The molecular weight excluding hydrogens is 186 g/mol. The number of hydrogen-bond donors (Lipinski definition) is 2. The first-order valence-electron chi connectivity index (χ1n) is 4.21. The standard InChI is InChI=1S/C9H15NO2S/c1-10(2)6-5-7(11)8-3-4-9(12)13-8/h3-4,7,11-12H,5-6H2,1-2H3. The van der Waals surface area contributed by atoms with E-state index in [0.29, 0.717) is 6.42 Å². The van der Waals surface area contributed by atoms with Gasteiger partial charge in [0.05, 0.1) is 6.10 Å². The lowest BCUT2D eigenvalue weighted by Crippen LogP contribution is -2.15. The third-order valence-corrected chi connectivity index (χ3v) is 2.78. The Morgan fingerprint density at radius 3 is 2.62 bits per heavy atom. The lowest BCUT2D eigenvalue weighted by atomic mass is 10.2. The summed E-state index contributed by atoms with van der Waals surface area (Å²) in [7, 11) is 3.94. The highest BCUT2D eigenvalue weighted by molar-refractivity contribution is 7.13. The maximum absolute atomic E-state index is 9.66. The highest BCUT2D eigenvalue weighted by Gasteiger charge is 2.10. The first-order chi connectivity index (χ1) is 6.09. The quantitative estimate of drug-likeness (QED) is 0.774. The van der Waals surface area contributed by atoms with Crippen molar-refractivity contribution in [3.63, 3.8) is 0 Å². The monoisotopic (exact) mass is 201 g/mol. The van der Waals surface area contributed by atoms with E-state index in [0.717, 1.165) is 11.4 Å². The molecule has 0 aromatic carbocycles. The van der Waals surface area contributed by atoms with Crippen LogP contribution in [0.3, 0.4) is 0 Å². The molecule has 0 spiro atoms. The van der Waals surface area contributed by atoms with Crippen molar-refractivity contribution in [1.82, 2.24) is 4.90 Å². The molecule has 2 N–H and O–H groups in total. The Hall–Kier alpha value is -0.580. The summed E-state index contributed by atoms with van der Waals surface area (Å²) in [6.45, 7) is 0.847. The number of rotatable bonds is 4. The van der Waals surface area contributed by atoms with Crippen LogP contribution in [0.2, 0.25) is 0 Å². The van der Waals surface area contributed by atoms with Gasteiger partial charge in [-0.25, -0.2) is 0 Å². The first-order valence-corrected chi connectivity index (χ1v) is 5.02. The van der Waals surface area contributed by atoms with Gasteiger partial charge in [0.2, 0.25) is 0 Å². The van der Waals surface area contributed by atoms with Gasteiger partial charge in [-0.3, -0.25) is 0 Å². The number of aromatic hydroxyl groups is 1. The average Bonchev–Trinajstić information content (AvgIpc) is 2.47. The normalized spacial score (nSPS) is 13.5. The van der Waals surface area contributed by atoms with Crippen molar-refractivity contribution >= 4 is 11.3 Å². The van der Waals surface area contributed by atoms with Gasteiger partial charge in [-0.15, -0.1) is 11.3 Å². The predicted molar refractivity (Wildman–Crippen MR) is 54.1 cm³/mol. The van der Waals surface area contributed by atoms with Crippen LogP contribution in [-0.4, -0.2) is 35.8 Å². The Bertz CT molecular complexity index is 260. The number of aliphatic hydroxyl groups excluding tert-OH is 1. The van der Waals surface area contributed by atoms with Crippen molar-refractivity contribution in [2.24, 2.45) is 0 Å². The van der Waals surface area contributed by atoms with Crippen LogP contribution in [0.25, 0.3) is 0 Å². The summed E-state index contributed by atoms with van der Waals surface area (Å²) in [4.78, 5) is 2.86. The lowest BCUT2D eigenvalue weighted by Gasteiger charge is -2.12. The molecule has 0 saturated carbocycles. The number of nitrogens with zero attached hydrogens (tertiary/aromatic N) is 1. The van der Waals surface area contributed by atoms with Crippen molar-refractivity contribution in [2.75, 3.05) is 20.6 Å². The molecule has 3 nitrogen and oxygen atoms in total. The molecule has 0 aliphatic carbocycles. The van der Waals surface area contributed by atoms with Crippen LogP contribution < -0.4 is 0 Å². The third-order valence-electron chi connectivity index (χ3n) is 1.79. The zero-order valence-corrected chi connectivity index (χ0v) is 8.71. The molecule has 1 aromatic rings. The van der Waals surface area contributed by atoms with E-state index in [1.165, 1.54) is 11.3 Å². The summed E-state index contributed by atoms with van der Waals surface area (Å²) in [6.07, 6.45) is 0.251. The molecule has 0 amide bonds. The molecule has 0 aliphatic heterocycles. The van der Waals surface area contributed by atoms with E-state index in [-0.39, 0.29) is 5.06 Å². The SMILES string of the molecule is CN(C)CCC(O)c1ccc(O)s1. The van der Waals surface area contributed by atoms with Crippen molar-refractivity contribution < 1.29 is 10.2 Å². The largest absolute Gasteiger partial charge is 0.499 e. The van der Waals surface area contributed by atoms with Crippen molar-refractivity contribution in [2.45, 2.75) is 12.5 Å². The zero-order chi connectivity index (χ0) is 9.84. The summed E-state index contributed by atoms with van der Waals surface area (Å²) in [5.41, 5.74) is 0. The van der Waals surface area contributed by atoms with Crippen molar-refractivity contribution in [1.29, 1.82) is 0 Å². The number of hydrogen-bond acceptors (Lipinski definition) is 4. The first kappa shape index (κ1) is 10.5. The second kappa shape index (κ2) is 4.60. The van der Waals surface area contributed by atoms with E-state index in [4.69, 9.17) is 5.11 Å². The predicted octanol–water partition coefficient (Wildman–Crippen LogP) is 1.44. The van der Waals surface area contributed by atoms with E-state index in [1.807, 2.05) is 19.0 Å². The molecule has 74 valence electrons. The van der Waals surface area contributed by atoms with Gasteiger partial charge >= 0.3 is 0 Å². The summed E-state index contributed by atoms with van der Waals surface area (Å²) in [6, 6.07) is 3.37. The molecule has 1 rings (SSSR count). The number of aliphatic hydroxyl groups is 1. The molecule has 0 aliphatic rings. The second-order valence-electron chi connectivity index (χ2n) is 3.28. The van der Waals surface area contributed by atoms with Gasteiger partial charge in [-0.05, 0) is 32.6 Å². The summed E-state index contributed by atoms with van der Waals surface area (Å²) < 4.78 is 0. The van der Waals surface area contributed by atoms with Gasteiger partial charge in [-0.2, -0.15) is 0 Å². The summed E-state index contributed by atoms with van der Waals surface area (Å²) in [5.74, 6) is 0. The van der Waals surface area contributed by atoms with Crippen LogP contribution in [0.1, 0.15) is 17.4 Å². The van der Waals surface area contributed by atoms with Crippen LogP contribution in [0.15, 0.2) is 12.1 Å². The van der Waals surface area contributed by atoms with Crippen LogP contribution in [-0.2, 0) is 0 Å². The zero-order valence-electron chi connectivity index (χ0n) is 7.90. The minimum absolute atomic E-state index is 0.263. The van der Waals surface area contributed by atoms with E-state index in [9.17, 15) is 5.11 Å². The van der Waals surface area contributed by atoms with Crippen molar-refractivity contribution in [3.05, 3.63) is 17.0 Å². The highest BCUT2D eigenvalue weighted by atomic mass is 32.1. The molecule has 0 saturated heterocycles. The van der Waals surface area contributed by atoms with Crippen LogP contribution in [0.5, 0.6) is 5.06 Å². The Kier molecular flexibility index (Phi) is 3.71. The van der Waals surface area contributed by atoms with Gasteiger partial charge < -0.3 is 15.1 Å². The van der Waals surface area contributed by atoms with Gasteiger partial charge in [-0.1, -0.05) is 0 Å². The number of thiophene rings is 1. The Labute approximate surface area is 82.2 Å². The van der Waals surface area contributed by atoms with E-state index in [2.05, 4.69) is 0 Å². The third kappa shape index (κ3) is 3.34. The topological polar surface area (TPSA) is 43.7 Å². The Morgan fingerprint density at radius 2 is 2.15 bits per heavy atom. The Morgan fingerprint density at radius 1 is 1.46 bits per heavy atom. The van der Waals surface area contributed by atoms with Crippen LogP contribution in [0, 0.1) is 0 Å². The van der Waals surface area contributed by atoms with Crippen LogP contribution in [0.4, 0.5) is 0 Å². The smallest absolute Gasteiger partial charge is 0.171 e. The summed E-state index contributed by atoms with van der Waals surface area (Å²) in [5, 5.41) is 19.0. The minimum atomic E-state index is -0.451. The molecular formula is C9H15NO2S. The van der Waals surface area contributed by atoms with Gasteiger partial charge in [0.25, 0.3) is 0 Å². The maximum atomic E-state index is 9.66. The van der Waals surface area contributed by atoms with E-state index in [1.54, 1.807) is 12.1 Å². The maximum Gasteiger partial charge on any atom is 0.171 e. The van der Waals surface area contributed by atoms with Crippen molar-refractivity contribution in [3.8, 4) is 5.06 Å². The molecule has 4 heteroatoms. The van der Waals surface area contributed by atoms with Gasteiger partial charge in [0.15, 0.2) is 5.06 Å². The molecule has 13 heavy (non-hydrogen) atoms. The highest BCUT2D eigenvalue weighted by Crippen LogP contribution is 2.29. The average molecular weight is 201 g/mol. The fourth-order valence-corrected chi connectivity index (χ4v) is 1.81. The molecule has 1 heterocycles. The fourth-order valence-electron chi connectivity index (χ4n) is 1.04.